The Morgan fingerprint density at radius 3 is 3.28 bits per heavy atom. The summed E-state index contributed by atoms with van der Waals surface area (Å²) in [7, 11) is 0. The second kappa shape index (κ2) is 4.12. The summed E-state index contributed by atoms with van der Waals surface area (Å²) in [6.45, 7) is 2.58. The van der Waals surface area contributed by atoms with Crippen molar-refractivity contribution >= 4 is 10.9 Å². The average Bonchev–Trinajstić information content (AvgIpc) is 2.94. The number of hydrogen-bond acceptors (Lipinski definition) is 4. The van der Waals surface area contributed by atoms with Crippen LogP contribution in [0.2, 0.25) is 0 Å². The van der Waals surface area contributed by atoms with Crippen LogP contribution < -0.4 is 9.47 Å². The zero-order valence-corrected chi connectivity index (χ0v) is 9.78. The van der Waals surface area contributed by atoms with Crippen molar-refractivity contribution in [3.8, 4) is 11.5 Å². The van der Waals surface area contributed by atoms with Crippen molar-refractivity contribution in [1.29, 1.82) is 0 Å². The van der Waals surface area contributed by atoms with Crippen LogP contribution in [0.15, 0.2) is 23.4 Å². The van der Waals surface area contributed by atoms with Gasteiger partial charge < -0.3 is 9.47 Å². The number of hydrogen-bond donors (Lipinski definition) is 0. The molecule has 1 aromatic heterocycles. The number of aromatic nitrogens is 2. The Morgan fingerprint density at radius 1 is 1.56 bits per heavy atom. The SMILES string of the molecule is CC(Cn1ncc2ccc3c(c21)OCO3)N=[N+]=[N-]. The number of fused-ring (bicyclic) bond motifs is 3. The van der Waals surface area contributed by atoms with Gasteiger partial charge in [-0.05, 0) is 17.7 Å². The van der Waals surface area contributed by atoms with Crippen LogP contribution in [0.3, 0.4) is 0 Å². The Balaban J connectivity index is 2.07. The minimum Gasteiger partial charge on any atom is -0.454 e. The van der Waals surface area contributed by atoms with E-state index in [2.05, 4.69) is 15.1 Å². The van der Waals surface area contributed by atoms with Gasteiger partial charge in [0.15, 0.2) is 11.5 Å². The maximum Gasteiger partial charge on any atom is 0.231 e. The van der Waals surface area contributed by atoms with Gasteiger partial charge in [0.25, 0.3) is 0 Å². The van der Waals surface area contributed by atoms with Crippen LogP contribution in [0, 0.1) is 0 Å². The van der Waals surface area contributed by atoms with Gasteiger partial charge in [-0.15, -0.1) is 0 Å². The lowest BCUT2D eigenvalue weighted by Gasteiger charge is -2.07. The lowest BCUT2D eigenvalue weighted by molar-refractivity contribution is 0.174. The molecule has 0 fully saturated rings. The maximum absolute atomic E-state index is 8.42. The van der Waals surface area contributed by atoms with Crippen molar-refractivity contribution in [2.24, 2.45) is 5.11 Å². The van der Waals surface area contributed by atoms with Crippen molar-refractivity contribution in [2.75, 3.05) is 6.79 Å². The first-order valence-electron chi connectivity index (χ1n) is 5.58. The fraction of sp³-hybridized carbons (Fsp3) is 0.364. The third-order valence-corrected chi connectivity index (χ3v) is 2.82. The number of nitrogens with zero attached hydrogens (tertiary/aromatic N) is 5. The number of ether oxygens (including phenoxy) is 2. The van der Waals surface area contributed by atoms with Crippen molar-refractivity contribution in [3.63, 3.8) is 0 Å². The Bertz CT molecular complexity index is 644. The quantitative estimate of drug-likeness (QED) is 0.473. The minimum atomic E-state index is -0.170. The number of benzene rings is 1. The van der Waals surface area contributed by atoms with Crippen molar-refractivity contribution in [3.05, 3.63) is 28.8 Å². The van der Waals surface area contributed by atoms with Crippen molar-refractivity contribution < 1.29 is 9.47 Å². The van der Waals surface area contributed by atoms with Crippen LogP contribution in [-0.2, 0) is 6.54 Å². The van der Waals surface area contributed by atoms with Gasteiger partial charge >= 0.3 is 0 Å². The molecule has 1 aliphatic heterocycles. The van der Waals surface area contributed by atoms with Crippen molar-refractivity contribution in [2.45, 2.75) is 19.5 Å². The van der Waals surface area contributed by atoms with Gasteiger partial charge in [-0.2, -0.15) is 5.10 Å². The standard InChI is InChI=1S/C11H11N5O2/c1-7(14-15-12)5-16-10-8(4-13-16)2-3-9-11(10)18-6-17-9/h2-4,7H,5-6H2,1H3. The predicted octanol–water partition coefficient (Wildman–Crippen LogP) is 2.46. The van der Waals surface area contributed by atoms with Crippen molar-refractivity contribution in [1.82, 2.24) is 9.78 Å². The highest BCUT2D eigenvalue weighted by Crippen LogP contribution is 2.38. The first-order valence-corrected chi connectivity index (χ1v) is 5.58. The second-order valence-electron chi connectivity index (χ2n) is 4.12. The summed E-state index contributed by atoms with van der Waals surface area (Å²) in [5.74, 6) is 1.43. The molecule has 2 aromatic rings. The molecule has 0 aliphatic carbocycles. The molecule has 7 heteroatoms. The smallest absolute Gasteiger partial charge is 0.231 e. The van der Waals surface area contributed by atoms with Gasteiger partial charge in [0.05, 0.1) is 12.2 Å². The molecular weight excluding hydrogens is 234 g/mol. The molecule has 0 radical (unpaired) electrons. The fourth-order valence-electron chi connectivity index (χ4n) is 2.05. The lowest BCUT2D eigenvalue weighted by Crippen LogP contribution is -2.11. The van der Waals surface area contributed by atoms with Crippen LogP contribution in [-0.4, -0.2) is 22.6 Å². The molecule has 1 unspecified atom stereocenters. The summed E-state index contributed by atoms with van der Waals surface area (Å²) in [4.78, 5) is 2.80. The van der Waals surface area contributed by atoms with E-state index in [1.165, 1.54) is 0 Å². The molecule has 0 bridgehead atoms. The molecule has 0 spiro atoms. The van der Waals surface area contributed by atoms with Crippen LogP contribution in [0.5, 0.6) is 11.5 Å². The summed E-state index contributed by atoms with van der Waals surface area (Å²) >= 11 is 0. The molecule has 3 rings (SSSR count). The van der Waals surface area contributed by atoms with E-state index in [0.717, 1.165) is 16.7 Å². The normalized spacial score (nSPS) is 14.5. The van der Waals surface area contributed by atoms with Gasteiger partial charge in [0.2, 0.25) is 6.79 Å². The second-order valence-corrected chi connectivity index (χ2v) is 4.12. The summed E-state index contributed by atoms with van der Waals surface area (Å²) < 4.78 is 12.6. The molecule has 0 saturated heterocycles. The molecule has 18 heavy (non-hydrogen) atoms. The Hall–Kier alpha value is -2.40. The predicted molar refractivity (Wildman–Crippen MR) is 64.5 cm³/mol. The number of rotatable bonds is 3. The highest BCUT2D eigenvalue weighted by atomic mass is 16.7. The van der Waals surface area contributed by atoms with Crippen LogP contribution in [0.4, 0.5) is 0 Å². The summed E-state index contributed by atoms with van der Waals surface area (Å²) in [5, 5.41) is 8.92. The molecule has 0 amide bonds. The van der Waals surface area contributed by atoms with E-state index >= 15 is 0 Å². The highest BCUT2D eigenvalue weighted by molar-refractivity contribution is 5.87. The first-order chi connectivity index (χ1) is 8.79. The lowest BCUT2D eigenvalue weighted by atomic mass is 10.2. The van der Waals surface area contributed by atoms with E-state index in [4.69, 9.17) is 15.0 Å². The summed E-state index contributed by atoms with van der Waals surface area (Å²) in [6.07, 6.45) is 1.76. The summed E-state index contributed by atoms with van der Waals surface area (Å²) in [6, 6.07) is 3.63. The van der Waals surface area contributed by atoms with Gasteiger partial charge in [0.1, 0.15) is 5.52 Å². The first kappa shape index (κ1) is 10.7. The zero-order valence-electron chi connectivity index (χ0n) is 9.78. The van der Waals surface area contributed by atoms with Gasteiger partial charge in [-0.1, -0.05) is 12.0 Å². The van der Waals surface area contributed by atoms with E-state index in [1.54, 1.807) is 10.9 Å². The molecule has 0 N–H and O–H groups in total. The highest BCUT2D eigenvalue weighted by Gasteiger charge is 2.20. The fourth-order valence-corrected chi connectivity index (χ4v) is 2.05. The van der Waals surface area contributed by atoms with Gasteiger partial charge in [0, 0.05) is 16.8 Å². The van der Waals surface area contributed by atoms with Crippen LogP contribution in [0.1, 0.15) is 6.92 Å². The molecular formula is C11H11N5O2. The third-order valence-electron chi connectivity index (χ3n) is 2.82. The molecule has 1 aliphatic rings. The van der Waals surface area contributed by atoms with E-state index in [9.17, 15) is 0 Å². The largest absolute Gasteiger partial charge is 0.454 e. The van der Waals surface area contributed by atoms with Crippen LogP contribution in [0.25, 0.3) is 21.3 Å². The molecule has 0 saturated carbocycles. The van der Waals surface area contributed by atoms with E-state index < -0.39 is 0 Å². The molecule has 1 atom stereocenters. The minimum absolute atomic E-state index is 0.170. The van der Waals surface area contributed by atoms with Gasteiger partial charge in [-0.25, -0.2) is 0 Å². The topological polar surface area (TPSA) is 85.0 Å². The van der Waals surface area contributed by atoms with E-state index in [1.807, 2.05) is 19.1 Å². The summed E-state index contributed by atoms with van der Waals surface area (Å²) in [5.41, 5.74) is 9.30. The maximum atomic E-state index is 8.42. The monoisotopic (exact) mass is 245 g/mol. The average molecular weight is 245 g/mol. The molecule has 1 aromatic carbocycles. The molecule has 7 nitrogen and oxygen atoms in total. The van der Waals surface area contributed by atoms with E-state index in [-0.39, 0.29) is 12.8 Å². The molecule has 2 heterocycles. The van der Waals surface area contributed by atoms with Gasteiger partial charge in [-0.3, -0.25) is 4.68 Å². The Morgan fingerprint density at radius 2 is 2.44 bits per heavy atom. The van der Waals surface area contributed by atoms with Crippen LogP contribution >= 0.6 is 0 Å². The third kappa shape index (κ3) is 1.61. The Labute approximate surface area is 103 Å². The zero-order chi connectivity index (χ0) is 12.5. The number of azide groups is 1. The van der Waals surface area contributed by atoms with E-state index in [0.29, 0.717) is 12.3 Å². The molecule has 92 valence electrons. The Kier molecular flexibility index (Phi) is 2.46.